The molecular weight excluding hydrogens is 334 g/mol. The van der Waals surface area contributed by atoms with Crippen molar-refractivity contribution in [3.63, 3.8) is 0 Å². The van der Waals surface area contributed by atoms with Gasteiger partial charge in [0, 0.05) is 5.41 Å². The van der Waals surface area contributed by atoms with Gasteiger partial charge in [-0.1, -0.05) is 81.4 Å². The molecule has 3 heteroatoms. The van der Waals surface area contributed by atoms with Gasteiger partial charge in [0.05, 0.1) is 6.07 Å². The van der Waals surface area contributed by atoms with Crippen molar-refractivity contribution in [1.29, 1.82) is 5.26 Å². The van der Waals surface area contributed by atoms with Crippen molar-refractivity contribution in [3.8, 4) is 6.07 Å². The maximum absolute atomic E-state index is 12.8. The van der Waals surface area contributed by atoms with Gasteiger partial charge in [-0.25, -0.2) is 0 Å². The average Bonchev–Trinajstić information content (AvgIpc) is 3.20. The minimum Gasteiger partial charge on any atom is -0.481 e. The molecule has 4 atom stereocenters. The number of benzene rings is 2. The van der Waals surface area contributed by atoms with Crippen molar-refractivity contribution in [3.05, 3.63) is 71.8 Å². The van der Waals surface area contributed by atoms with Crippen LogP contribution in [0.15, 0.2) is 60.7 Å². The van der Waals surface area contributed by atoms with Crippen molar-refractivity contribution < 1.29 is 9.90 Å². The number of fused-ring (bicyclic) bond motifs is 1. The monoisotopic (exact) mass is 359 g/mol. The van der Waals surface area contributed by atoms with E-state index >= 15 is 0 Å². The number of carboxylic acid groups (broad SMARTS) is 1. The Morgan fingerprint density at radius 1 is 1.00 bits per heavy atom. The van der Waals surface area contributed by atoms with Crippen LogP contribution in [-0.4, -0.2) is 11.1 Å². The molecule has 2 aliphatic carbocycles. The highest BCUT2D eigenvalue weighted by molar-refractivity contribution is 5.86. The topological polar surface area (TPSA) is 61.1 Å². The second-order valence-corrected chi connectivity index (χ2v) is 8.85. The standard InChI is InChI=1S/C24H25NO2/c1-21(2)19-14-15-22(3,17-10-6-4-7-11-17)23(16-25,24(19,21)20(26)27)18-12-8-5-9-13-18/h4-13,19H,14-15H2,1-3H3,(H,26,27). The zero-order valence-electron chi connectivity index (χ0n) is 16.1. The number of nitriles is 1. The summed E-state index contributed by atoms with van der Waals surface area (Å²) in [7, 11) is 0. The Balaban J connectivity index is 2.11. The number of carbonyl (C=O) groups is 1. The molecular formula is C24H25NO2. The Bertz CT molecular complexity index is 930. The van der Waals surface area contributed by atoms with E-state index in [2.05, 4.69) is 13.0 Å². The van der Waals surface area contributed by atoms with Gasteiger partial charge in [-0.15, -0.1) is 0 Å². The lowest BCUT2D eigenvalue weighted by atomic mass is 9.46. The van der Waals surface area contributed by atoms with Crippen molar-refractivity contribution in [2.75, 3.05) is 0 Å². The predicted octanol–water partition coefficient (Wildman–Crippen LogP) is 4.93. The Morgan fingerprint density at radius 2 is 1.52 bits per heavy atom. The fourth-order valence-corrected chi connectivity index (χ4v) is 6.51. The molecule has 0 spiro atoms. The quantitative estimate of drug-likeness (QED) is 0.845. The molecule has 0 heterocycles. The normalized spacial score (nSPS) is 36.3. The van der Waals surface area contributed by atoms with Crippen LogP contribution in [0.1, 0.15) is 44.7 Å². The van der Waals surface area contributed by atoms with Crippen LogP contribution in [-0.2, 0) is 15.6 Å². The van der Waals surface area contributed by atoms with Crippen molar-refractivity contribution in [2.24, 2.45) is 16.7 Å². The smallest absolute Gasteiger partial charge is 0.312 e. The Hall–Kier alpha value is -2.60. The number of rotatable bonds is 3. The molecule has 0 aromatic heterocycles. The van der Waals surface area contributed by atoms with E-state index in [1.165, 1.54) is 0 Å². The van der Waals surface area contributed by atoms with Crippen LogP contribution in [0.2, 0.25) is 0 Å². The fraction of sp³-hybridized carbons (Fsp3) is 0.417. The molecule has 138 valence electrons. The lowest BCUT2D eigenvalue weighted by molar-refractivity contribution is -0.150. The summed E-state index contributed by atoms with van der Waals surface area (Å²) in [5.74, 6) is -0.844. The highest BCUT2D eigenvalue weighted by Gasteiger charge is 2.88. The number of nitrogens with zero attached hydrogens (tertiary/aromatic N) is 1. The van der Waals surface area contributed by atoms with Crippen LogP contribution in [0.5, 0.6) is 0 Å². The zero-order valence-corrected chi connectivity index (χ0v) is 16.1. The van der Waals surface area contributed by atoms with Crippen molar-refractivity contribution in [1.82, 2.24) is 0 Å². The van der Waals surface area contributed by atoms with Gasteiger partial charge in [0.1, 0.15) is 10.8 Å². The fourth-order valence-electron chi connectivity index (χ4n) is 6.51. The predicted molar refractivity (Wildman–Crippen MR) is 104 cm³/mol. The maximum Gasteiger partial charge on any atom is 0.312 e. The molecule has 2 aromatic rings. The summed E-state index contributed by atoms with van der Waals surface area (Å²) in [5.41, 5.74) is -1.40. The highest BCUT2D eigenvalue weighted by atomic mass is 16.4. The molecule has 2 aromatic carbocycles. The summed E-state index contributed by atoms with van der Waals surface area (Å²) in [5, 5.41) is 21.3. The van der Waals surface area contributed by atoms with Crippen molar-refractivity contribution >= 4 is 5.97 Å². The van der Waals surface area contributed by atoms with E-state index in [1.54, 1.807) is 0 Å². The van der Waals surface area contributed by atoms with Crippen molar-refractivity contribution in [2.45, 2.75) is 44.4 Å². The third kappa shape index (κ3) is 1.79. The lowest BCUT2D eigenvalue weighted by Gasteiger charge is -2.52. The molecule has 2 aliphatic rings. The van der Waals surface area contributed by atoms with Gasteiger partial charge in [-0.05, 0) is 35.3 Å². The molecule has 0 radical (unpaired) electrons. The summed E-state index contributed by atoms with van der Waals surface area (Å²) < 4.78 is 0. The second kappa shape index (κ2) is 5.45. The Morgan fingerprint density at radius 3 is 2.00 bits per heavy atom. The summed E-state index contributed by atoms with van der Waals surface area (Å²) >= 11 is 0. The first kappa shape index (κ1) is 17.8. The number of hydrogen-bond acceptors (Lipinski definition) is 2. The van der Waals surface area contributed by atoms with E-state index in [4.69, 9.17) is 0 Å². The van der Waals surface area contributed by atoms with Gasteiger partial charge in [0.25, 0.3) is 0 Å². The molecule has 4 unspecified atom stereocenters. The molecule has 3 nitrogen and oxygen atoms in total. The number of aliphatic carboxylic acids is 1. The summed E-state index contributed by atoms with van der Waals surface area (Å²) in [6.45, 7) is 6.14. The second-order valence-electron chi connectivity index (χ2n) is 8.85. The van der Waals surface area contributed by atoms with Crippen LogP contribution in [0.3, 0.4) is 0 Å². The molecule has 0 bridgehead atoms. The number of hydrogen-bond donors (Lipinski definition) is 1. The summed E-state index contributed by atoms with van der Waals surface area (Å²) in [6, 6.07) is 22.2. The first-order valence-corrected chi connectivity index (χ1v) is 9.56. The molecule has 0 saturated heterocycles. The van der Waals surface area contributed by atoms with Gasteiger partial charge in [-0.3, -0.25) is 4.79 Å². The van der Waals surface area contributed by atoms with E-state index in [9.17, 15) is 15.2 Å². The van der Waals surface area contributed by atoms with Crippen LogP contribution < -0.4 is 0 Å². The van der Waals surface area contributed by atoms with Gasteiger partial charge < -0.3 is 5.11 Å². The Labute approximate surface area is 160 Å². The highest BCUT2D eigenvalue weighted by Crippen LogP contribution is 2.83. The molecule has 27 heavy (non-hydrogen) atoms. The zero-order chi connectivity index (χ0) is 19.5. The third-order valence-corrected chi connectivity index (χ3v) is 7.80. The Kier molecular flexibility index (Phi) is 3.59. The molecule has 2 saturated carbocycles. The summed E-state index contributed by atoms with van der Waals surface area (Å²) in [4.78, 5) is 12.8. The van der Waals surface area contributed by atoms with Gasteiger partial charge in [0.15, 0.2) is 0 Å². The molecule has 0 aliphatic heterocycles. The largest absolute Gasteiger partial charge is 0.481 e. The van der Waals surface area contributed by atoms with Crippen LogP contribution >= 0.6 is 0 Å². The van der Waals surface area contributed by atoms with Crippen LogP contribution in [0.4, 0.5) is 0 Å². The first-order chi connectivity index (χ1) is 12.8. The third-order valence-electron chi connectivity index (χ3n) is 7.80. The van der Waals surface area contributed by atoms with Gasteiger partial charge in [-0.2, -0.15) is 5.26 Å². The van der Waals surface area contributed by atoms with Crippen LogP contribution in [0, 0.1) is 28.1 Å². The average molecular weight is 359 g/mol. The first-order valence-electron chi connectivity index (χ1n) is 9.56. The van der Waals surface area contributed by atoms with E-state index in [-0.39, 0.29) is 5.92 Å². The number of carboxylic acids is 1. The minimum atomic E-state index is -1.14. The van der Waals surface area contributed by atoms with E-state index in [0.29, 0.717) is 0 Å². The van der Waals surface area contributed by atoms with Gasteiger partial charge in [0.2, 0.25) is 0 Å². The van der Waals surface area contributed by atoms with E-state index in [0.717, 1.165) is 24.0 Å². The lowest BCUT2D eigenvalue weighted by Crippen LogP contribution is -2.59. The van der Waals surface area contributed by atoms with E-state index in [1.807, 2.05) is 74.5 Å². The van der Waals surface area contributed by atoms with E-state index < -0.39 is 27.6 Å². The molecule has 2 fully saturated rings. The minimum absolute atomic E-state index is 0.000793. The molecule has 4 rings (SSSR count). The maximum atomic E-state index is 12.8. The van der Waals surface area contributed by atoms with Gasteiger partial charge >= 0.3 is 5.97 Å². The SMILES string of the molecule is CC1(c2ccccc2)CCC2C(C)(C)C2(C(=O)O)C1(C#N)c1ccccc1. The molecule has 1 N–H and O–H groups in total. The molecule has 0 amide bonds. The van der Waals surface area contributed by atoms with Crippen LogP contribution in [0.25, 0.3) is 0 Å². The summed E-state index contributed by atoms with van der Waals surface area (Å²) in [6.07, 6.45) is 1.61.